The molecule has 3 aliphatic carbocycles. The maximum atomic E-state index is 2.65. The second-order valence-corrected chi connectivity index (χ2v) is 37.5. The van der Waals surface area contributed by atoms with E-state index in [1.165, 1.54) is 35.6 Å². The fraction of sp³-hybridized carbons (Fsp3) is 0.259. The molecule has 0 amide bonds. The summed E-state index contributed by atoms with van der Waals surface area (Å²) in [5.41, 5.74) is 9.70. The van der Waals surface area contributed by atoms with Crippen molar-refractivity contribution < 1.29 is 20.6 Å². The zero-order valence-electron chi connectivity index (χ0n) is 17.3. The molecule has 0 saturated carbocycles. The van der Waals surface area contributed by atoms with Crippen LogP contribution in [-0.2, 0) is 33.4 Å². The Morgan fingerprint density at radius 1 is 0.828 bits per heavy atom. The summed E-state index contributed by atoms with van der Waals surface area (Å²) in [6, 6.07) is 18.9. The molecular formula is C27H27HfSi. The van der Waals surface area contributed by atoms with Gasteiger partial charge in [-0.3, -0.25) is 0 Å². The van der Waals surface area contributed by atoms with Crippen LogP contribution >= 0.6 is 0 Å². The molecule has 0 fully saturated rings. The average molecular weight is 558 g/mol. The summed E-state index contributed by atoms with van der Waals surface area (Å²) in [4.78, 5) is 0. The van der Waals surface area contributed by atoms with E-state index < -0.39 is 26.6 Å². The molecule has 143 valence electrons. The van der Waals surface area contributed by atoms with E-state index in [1.807, 2.05) is 0 Å². The summed E-state index contributed by atoms with van der Waals surface area (Å²) in [5, 5.41) is 2.83. The van der Waals surface area contributed by atoms with E-state index in [4.69, 9.17) is 0 Å². The van der Waals surface area contributed by atoms with Gasteiger partial charge < -0.3 is 0 Å². The quantitative estimate of drug-likeness (QED) is 0.312. The van der Waals surface area contributed by atoms with Gasteiger partial charge in [-0.1, -0.05) is 0 Å². The van der Waals surface area contributed by atoms with Gasteiger partial charge in [0, 0.05) is 0 Å². The fourth-order valence-electron chi connectivity index (χ4n) is 5.94. The molecule has 6 rings (SSSR count). The van der Waals surface area contributed by atoms with Crippen molar-refractivity contribution in [1.82, 2.24) is 0 Å². The average Bonchev–Trinajstić information content (AvgIpc) is 3.45. The minimum absolute atomic E-state index is 0.682. The second kappa shape index (κ2) is 7.03. The van der Waals surface area contributed by atoms with Crippen LogP contribution in [0, 0.1) is 0 Å². The van der Waals surface area contributed by atoms with Crippen molar-refractivity contribution in [3.63, 3.8) is 0 Å². The van der Waals surface area contributed by atoms with Crippen molar-refractivity contribution in [2.45, 2.75) is 39.7 Å². The number of hydrogen-bond acceptors (Lipinski definition) is 0. The summed E-state index contributed by atoms with van der Waals surface area (Å²) in [6.45, 7) is 5.29. The van der Waals surface area contributed by atoms with Gasteiger partial charge >= 0.3 is 183 Å². The molecule has 0 N–H and O–H groups in total. The number of hydrogen-bond donors (Lipinski definition) is 0. The predicted octanol–water partition coefficient (Wildman–Crippen LogP) is 6.77. The first kappa shape index (κ1) is 18.3. The zero-order chi connectivity index (χ0) is 19.5. The van der Waals surface area contributed by atoms with E-state index in [2.05, 4.69) is 85.9 Å². The van der Waals surface area contributed by atoms with Crippen molar-refractivity contribution in [3.8, 4) is 0 Å². The SMILES string of the molecule is C[SiH](C)[Hf]([CH]1C=Cc2cc3c(cc21)CCC3)[CH]1C=Cc2c1ccc1ccccc21. The Hall–Kier alpha value is -1.51. The third-order valence-corrected chi connectivity index (χ3v) is 37.6. The number of rotatable bonds is 3. The third-order valence-electron chi connectivity index (χ3n) is 7.28. The molecule has 2 atom stereocenters. The molecule has 0 aliphatic heterocycles. The predicted molar refractivity (Wildman–Crippen MR) is 125 cm³/mol. The maximum absolute atomic E-state index is 2.65. The van der Waals surface area contributed by atoms with E-state index in [-0.39, 0.29) is 0 Å². The van der Waals surface area contributed by atoms with Gasteiger partial charge in [0.05, 0.1) is 0 Å². The molecule has 3 aromatic carbocycles. The monoisotopic (exact) mass is 559 g/mol. The summed E-state index contributed by atoms with van der Waals surface area (Å²) >= 11 is -1.96. The summed E-state index contributed by atoms with van der Waals surface area (Å²) < 4.78 is 1.56. The van der Waals surface area contributed by atoms with Crippen molar-refractivity contribution >= 4 is 28.9 Å². The zero-order valence-corrected chi connectivity index (χ0v) is 22.0. The van der Waals surface area contributed by atoms with E-state index in [0.29, 0.717) is 0 Å². The van der Waals surface area contributed by atoms with Gasteiger partial charge in [-0.05, 0) is 0 Å². The molecule has 3 aliphatic rings. The molecule has 0 saturated heterocycles. The molecule has 0 heterocycles. The Morgan fingerprint density at radius 2 is 1.59 bits per heavy atom. The van der Waals surface area contributed by atoms with Crippen molar-refractivity contribution in [2.24, 2.45) is 0 Å². The van der Waals surface area contributed by atoms with E-state index in [9.17, 15) is 0 Å². The van der Waals surface area contributed by atoms with Gasteiger partial charge in [0.1, 0.15) is 0 Å². The Kier molecular flexibility index (Phi) is 4.43. The third kappa shape index (κ3) is 2.86. The first-order valence-electron chi connectivity index (χ1n) is 11.1. The van der Waals surface area contributed by atoms with Crippen molar-refractivity contribution in [3.05, 3.63) is 94.1 Å². The van der Waals surface area contributed by atoms with Gasteiger partial charge in [0.25, 0.3) is 0 Å². The van der Waals surface area contributed by atoms with Crippen LogP contribution in [0.5, 0.6) is 0 Å². The normalized spacial score (nSPS) is 21.1. The van der Waals surface area contributed by atoms with Crippen LogP contribution in [0.2, 0.25) is 13.1 Å². The first-order chi connectivity index (χ1) is 14.2. The van der Waals surface area contributed by atoms with Crippen LogP contribution in [0.4, 0.5) is 0 Å². The summed E-state index contributed by atoms with van der Waals surface area (Å²) in [5.74, 6) is -0.682. The Labute approximate surface area is 182 Å². The molecule has 3 aromatic rings. The van der Waals surface area contributed by atoms with Gasteiger partial charge in [0.15, 0.2) is 0 Å². The molecule has 0 nitrogen and oxygen atoms in total. The molecule has 0 bridgehead atoms. The first-order valence-corrected chi connectivity index (χ1v) is 24.4. The molecule has 29 heavy (non-hydrogen) atoms. The van der Waals surface area contributed by atoms with Gasteiger partial charge in [-0.15, -0.1) is 0 Å². The standard InChI is InChI=1S/C13H9.C12H11.C2H7Si.Hf/c1-2-6-12-10(4-1)8-9-11-5-3-7-13(11)12;1-3-9-7-11-5-2-6-12(11)8-10(9)4-1;1-3-2;/h1-9H;1,3-4,7-8H,2,5-6H2;3H,1-2H3;. The van der Waals surface area contributed by atoms with Crippen LogP contribution in [0.15, 0.2) is 60.7 Å². The number of aryl methyl sites for hydroxylation is 2. The second-order valence-electron chi connectivity index (χ2n) is 9.22. The van der Waals surface area contributed by atoms with E-state index >= 15 is 0 Å². The number of fused-ring (bicyclic) bond motifs is 5. The van der Waals surface area contributed by atoms with Gasteiger partial charge in [-0.25, -0.2) is 0 Å². The fourth-order valence-corrected chi connectivity index (χ4v) is 35.7. The van der Waals surface area contributed by atoms with Crippen LogP contribution in [0.25, 0.3) is 22.9 Å². The topological polar surface area (TPSA) is 0 Å². The molecule has 0 radical (unpaired) electrons. The van der Waals surface area contributed by atoms with E-state index in [1.54, 1.807) is 27.8 Å². The van der Waals surface area contributed by atoms with Gasteiger partial charge in [-0.2, -0.15) is 0 Å². The van der Waals surface area contributed by atoms with Gasteiger partial charge in [0.2, 0.25) is 0 Å². The van der Waals surface area contributed by atoms with Crippen molar-refractivity contribution in [1.29, 1.82) is 0 Å². The molecule has 0 aromatic heterocycles. The summed E-state index contributed by atoms with van der Waals surface area (Å²) in [7, 11) is 0. The van der Waals surface area contributed by atoms with Crippen LogP contribution in [-0.4, -0.2) is 5.98 Å². The summed E-state index contributed by atoms with van der Waals surface area (Å²) in [6.07, 6.45) is 14.1. The number of allylic oxidation sites excluding steroid dienone is 2. The minimum atomic E-state index is -1.96. The molecule has 2 heteroatoms. The van der Waals surface area contributed by atoms with Crippen molar-refractivity contribution in [2.75, 3.05) is 0 Å². The molecule has 2 unspecified atom stereocenters. The molecule has 0 spiro atoms. The van der Waals surface area contributed by atoms with E-state index in [0.717, 1.165) is 7.35 Å². The molecular weight excluding hydrogens is 531 g/mol. The Balaban J connectivity index is 1.44. The van der Waals surface area contributed by atoms with Crippen LogP contribution in [0.1, 0.15) is 47.2 Å². The van der Waals surface area contributed by atoms with Crippen LogP contribution < -0.4 is 0 Å². The Morgan fingerprint density at radius 3 is 2.45 bits per heavy atom. The number of benzene rings is 3. The van der Waals surface area contributed by atoms with Crippen LogP contribution in [0.3, 0.4) is 0 Å². The Bertz CT molecular complexity index is 1190.